The predicted molar refractivity (Wildman–Crippen MR) is 63.4 cm³/mol. The minimum absolute atomic E-state index is 0.795. The molecule has 0 radical (unpaired) electrons. The van der Waals surface area contributed by atoms with Gasteiger partial charge in [0.05, 0.1) is 0 Å². The SMILES string of the molecule is C#CCCNCc1ccc(SC)cc1. The molecule has 14 heavy (non-hydrogen) atoms. The summed E-state index contributed by atoms with van der Waals surface area (Å²) in [4.78, 5) is 1.30. The van der Waals surface area contributed by atoms with E-state index in [1.54, 1.807) is 11.8 Å². The van der Waals surface area contributed by atoms with Crippen LogP contribution in [0.1, 0.15) is 12.0 Å². The summed E-state index contributed by atoms with van der Waals surface area (Å²) in [7, 11) is 0. The monoisotopic (exact) mass is 205 g/mol. The van der Waals surface area contributed by atoms with Crippen LogP contribution in [-0.2, 0) is 6.54 Å². The van der Waals surface area contributed by atoms with Crippen LogP contribution in [0, 0.1) is 12.3 Å². The Morgan fingerprint density at radius 2 is 2.07 bits per heavy atom. The van der Waals surface area contributed by atoms with Crippen LogP contribution in [0.4, 0.5) is 0 Å². The van der Waals surface area contributed by atoms with E-state index in [1.165, 1.54) is 10.5 Å². The van der Waals surface area contributed by atoms with Crippen LogP contribution < -0.4 is 5.32 Å². The molecular weight excluding hydrogens is 190 g/mol. The summed E-state index contributed by atoms with van der Waals surface area (Å²) in [6.07, 6.45) is 8.03. The second-order valence-corrected chi connectivity index (χ2v) is 3.86. The summed E-state index contributed by atoms with van der Waals surface area (Å²) in [6, 6.07) is 8.58. The van der Waals surface area contributed by atoms with E-state index < -0.39 is 0 Å². The van der Waals surface area contributed by atoms with Crippen molar-refractivity contribution in [2.24, 2.45) is 0 Å². The third-order valence-corrected chi connectivity index (χ3v) is 2.68. The molecule has 2 heteroatoms. The highest BCUT2D eigenvalue weighted by Gasteiger charge is 1.92. The fraction of sp³-hybridized carbons (Fsp3) is 0.333. The van der Waals surface area contributed by atoms with Crippen LogP contribution in [0.5, 0.6) is 0 Å². The molecule has 1 N–H and O–H groups in total. The van der Waals surface area contributed by atoms with Crippen LogP contribution in [-0.4, -0.2) is 12.8 Å². The molecule has 1 aromatic rings. The van der Waals surface area contributed by atoms with Crippen molar-refractivity contribution < 1.29 is 0 Å². The van der Waals surface area contributed by atoms with Crippen molar-refractivity contribution in [2.45, 2.75) is 17.9 Å². The first-order valence-corrected chi connectivity index (χ1v) is 5.86. The molecule has 0 aliphatic carbocycles. The van der Waals surface area contributed by atoms with E-state index in [0.717, 1.165) is 19.5 Å². The summed E-state index contributed by atoms with van der Waals surface area (Å²) in [5.74, 6) is 2.61. The zero-order chi connectivity index (χ0) is 10.2. The Morgan fingerprint density at radius 1 is 1.36 bits per heavy atom. The van der Waals surface area contributed by atoms with E-state index in [4.69, 9.17) is 6.42 Å². The lowest BCUT2D eigenvalue weighted by Gasteiger charge is -2.03. The third-order valence-electron chi connectivity index (χ3n) is 1.93. The fourth-order valence-electron chi connectivity index (χ4n) is 1.14. The molecule has 0 spiro atoms. The van der Waals surface area contributed by atoms with Crippen molar-refractivity contribution in [2.75, 3.05) is 12.8 Å². The molecule has 1 nitrogen and oxygen atoms in total. The van der Waals surface area contributed by atoms with Gasteiger partial charge in [-0.3, -0.25) is 0 Å². The lowest BCUT2D eigenvalue weighted by Crippen LogP contribution is -2.13. The first-order chi connectivity index (χ1) is 6.86. The number of hydrogen-bond acceptors (Lipinski definition) is 2. The van der Waals surface area contributed by atoms with Gasteiger partial charge in [-0.15, -0.1) is 24.1 Å². The zero-order valence-corrected chi connectivity index (χ0v) is 9.23. The standard InChI is InChI=1S/C12H15NS/c1-3-4-9-13-10-11-5-7-12(14-2)8-6-11/h1,5-8,13H,4,9-10H2,2H3. The molecule has 0 saturated heterocycles. The van der Waals surface area contributed by atoms with Gasteiger partial charge in [-0.25, -0.2) is 0 Å². The van der Waals surface area contributed by atoms with Gasteiger partial charge in [-0.05, 0) is 24.0 Å². The number of benzene rings is 1. The Kier molecular flexibility index (Phi) is 5.21. The van der Waals surface area contributed by atoms with E-state index in [2.05, 4.69) is 41.8 Å². The van der Waals surface area contributed by atoms with Gasteiger partial charge < -0.3 is 5.32 Å². The van der Waals surface area contributed by atoms with Crippen molar-refractivity contribution >= 4 is 11.8 Å². The fourth-order valence-corrected chi connectivity index (χ4v) is 1.54. The first-order valence-electron chi connectivity index (χ1n) is 4.64. The minimum Gasteiger partial charge on any atom is -0.312 e. The van der Waals surface area contributed by atoms with Crippen molar-refractivity contribution in [3.63, 3.8) is 0 Å². The second kappa shape index (κ2) is 6.53. The molecule has 74 valence electrons. The van der Waals surface area contributed by atoms with Crippen molar-refractivity contribution in [1.29, 1.82) is 0 Å². The molecular formula is C12H15NS. The summed E-state index contributed by atoms with van der Waals surface area (Å²) in [6.45, 7) is 1.79. The molecule has 0 heterocycles. The zero-order valence-electron chi connectivity index (χ0n) is 8.42. The van der Waals surface area contributed by atoms with Crippen LogP contribution in [0.25, 0.3) is 0 Å². The largest absolute Gasteiger partial charge is 0.312 e. The maximum absolute atomic E-state index is 5.15. The van der Waals surface area contributed by atoms with Crippen molar-refractivity contribution in [1.82, 2.24) is 5.32 Å². The molecule has 0 atom stereocenters. The van der Waals surface area contributed by atoms with Gasteiger partial charge in [0.15, 0.2) is 0 Å². The lowest BCUT2D eigenvalue weighted by molar-refractivity contribution is 0.701. The molecule has 0 bridgehead atoms. The highest BCUT2D eigenvalue weighted by Crippen LogP contribution is 2.14. The van der Waals surface area contributed by atoms with Crippen molar-refractivity contribution in [3.05, 3.63) is 29.8 Å². The Morgan fingerprint density at radius 3 is 2.64 bits per heavy atom. The average molecular weight is 205 g/mol. The van der Waals surface area contributed by atoms with Crippen LogP contribution in [0.15, 0.2) is 29.2 Å². The van der Waals surface area contributed by atoms with Gasteiger partial charge in [0, 0.05) is 24.4 Å². The number of nitrogens with one attached hydrogen (secondary N) is 1. The Hall–Kier alpha value is -0.910. The Bertz CT molecular complexity index is 297. The first kappa shape index (κ1) is 11.2. The molecule has 0 amide bonds. The molecule has 1 aromatic carbocycles. The number of thioether (sulfide) groups is 1. The van der Waals surface area contributed by atoms with Crippen LogP contribution >= 0.6 is 11.8 Å². The highest BCUT2D eigenvalue weighted by atomic mass is 32.2. The average Bonchev–Trinajstić information content (AvgIpc) is 2.25. The smallest absolute Gasteiger partial charge is 0.0212 e. The Labute approximate surface area is 90.3 Å². The topological polar surface area (TPSA) is 12.0 Å². The molecule has 1 rings (SSSR count). The third kappa shape index (κ3) is 3.87. The van der Waals surface area contributed by atoms with E-state index in [1.807, 2.05) is 0 Å². The summed E-state index contributed by atoms with van der Waals surface area (Å²) in [5, 5.41) is 3.29. The maximum atomic E-state index is 5.15. The number of terminal acetylenes is 1. The molecule has 0 aromatic heterocycles. The molecule has 0 unspecified atom stereocenters. The summed E-state index contributed by atoms with van der Waals surface area (Å²) >= 11 is 1.76. The molecule has 0 fully saturated rings. The minimum atomic E-state index is 0.795. The van der Waals surface area contributed by atoms with Crippen LogP contribution in [0.2, 0.25) is 0 Å². The van der Waals surface area contributed by atoms with Gasteiger partial charge in [0.2, 0.25) is 0 Å². The van der Waals surface area contributed by atoms with Crippen LogP contribution in [0.3, 0.4) is 0 Å². The van der Waals surface area contributed by atoms with Crippen molar-refractivity contribution in [3.8, 4) is 12.3 Å². The van der Waals surface area contributed by atoms with E-state index >= 15 is 0 Å². The normalized spacial score (nSPS) is 9.71. The highest BCUT2D eigenvalue weighted by molar-refractivity contribution is 7.98. The number of hydrogen-bond donors (Lipinski definition) is 1. The predicted octanol–water partition coefficient (Wildman–Crippen LogP) is 2.52. The summed E-state index contributed by atoms with van der Waals surface area (Å²) in [5.41, 5.74) is 1.31. The van der Waals surface area contributed by atoms with Gasteiger partial charge >= 0.3 is 0 Å². The maximum Gasteiger partial charge on any atom is 0.0212 e. The lowest BCUT2D eigenvalue weighted by atomic mass is 10.2. The van der Waals surface area contributed by atoms with E-state index in [9.17, 15) is 0 Å². The quantitative estimate of drug-likeness (QED) is 0.450. The number of rotatable bonds is 5. The molecule has 0 aliphatic rings. The van der Waals surface area contributed by atoms with Gasteiger partial charge in [0.1, 0.15) is 0 Å². The molecule has 0 saturated carbocycles. The Balaban J connectivity index is 2.33. The van der Waals surface area contributed by atoms with Gasteiger partial charge in [0.25, 0.3) is 0 Å². The van der Waals surface area contributed by atoms with E-state index in [-0.39, 0.29) is 0 Å². The van der Waals surface area contributed by atoms with Gasteiger partial charge in [-0.1, -0.05) is 12.1 Å². The van der Waals surface area contributed by atoms with Gasteiger partial charge in [-0.2, -0.15) is 0 Å². The second-order valence-electron chi connectivity index (χ2n) is 2.98. The van der Waals surface area contributed by atoms with E-state index in [0.29, 0.717) is 0 Å². The summed E-state index contributed by atoms with van der Waals surface area (Å²) < 4.78 is 0. The molecule has 0 aliphatic heterocycles.